The van der Waals surface area contributed by atoms with E-state index in [1.54, 1.807) is 0 Å². The largest absolute Gasteiger partial charge is 0.396 e. The molecular weight excluding hydrogens is 242 g/mol. The molecule has 2 bridgehead atoms. The number of aliphatic hydroxyl groups is 1. The lowest BCUT2D eigenvalue weighted by Gasteiger charge is -2.51. The van der Waals surface area contributed by atoms with Gasteiger partial charge in [-0.25, -0.2) is 0 Å². The highest BCUT2D eigenvalue weighted by Crippen LogP contribution is 2.50. The first-order valence-electron chi connectivity index (χ1n) is 7.67. The van der Waals surface area contributed by atoms with Crippen molar-refractivity contribution in [1.82, 2.24) is 5.32 Å². The van der Waals surface area contributed by atoms with Crippen molar-refractivity contribution in [2.45, 2.75) is 76.5 Å². The van der Waals surface area contributed by atoms with Gasteiger partial charge in [0.1, 0.15) is 5.72 Å². The van der Waals surface area contributed by atoms with E-state index in [4.69, 9.17) is 9.47 Å². The van der Waals surface area contributed by atoms with Gasteiger partial charge in [0.25, 0.3) is 0 Å². The Morgan fingerprint density at radius 2 is 2.00 bits per heavy atom. The number of piperidine rings is 2. The van der Waals surface area contributed by atoms with E-state index in [1.165, 1.54) is 12.8 Å². The highest BCUT2D eigenvalue weighted by atomic mass is 16.7. The molecule has 0 aromatic carbocycles. The molecule has 3 saturated heterocycles. The minimum Gasteiger partial charge on any atom is -0.396 e. The number of fused-ring (bicyclic) bond motifs is 1. The van der Waals surface area contributed by atoms with Crippen molar-refractivity contribution in [3.63, 3.8) is 0 Å². The highest BCUT2D eigenvalue weighted by Gasteiger charge is 2.58. The Hall–Kier alpha value is -0.160. The van der Waals surface area contributed by atoms with Crippen LogP contribution in [0.25, 0.3) is 0 Å². The summed E-state index contributed by atoms with van der Waals surface area (Å²) in [6.45, 7) is 6.41. The second-order valence-electron chi connectivity index (χ2n) is 7.38. The minimum absolute atomic E-state index is 0.136. The number of rotatable bonds is 2. The zero-order valence-electron chi connectivity index (χ0n) is 12.3. The summed E-state index contributed by atoms with van der Waals surface area (Å²) in [4.78, 5) is 0. The summed E-state index contributed by atoms with van der Waals surface area (Å²) in [6, 6.07) is 0.562. The van der Waals surface area contributed by atoms with Gasteiger partial charge in [-0.15, -0.1) is 0 Å². The molecule has 0 aromatic rings. The van der Waals surface area contributed by atoms with Crippen LogP contribution in [0, 0.1) is 11.8 Å². The van der Waals surface area contributed by atoms with E-state index in [0.717, 1.165) is 19.3 Å². The molecule has 0 unspecified atom stereocenters. The fourth-order valence-corrected chi connectivity index (χ4v) is 4.12. The minimum atomic E-state index is -0.328. The highest BCUT2D eigenvalue weighted by molar-refractivity contribution is 5.05. The Balaban J connectivity index is 1.79. The zero-order valence-corrected chi connectivity index (χ0v) is 12.3. The van der Waals surface area contributed by atoms with Gasteiger partial charge >= 0.3 is 0 Å². The maximum atomic E-state index is 9.70. The van der Waals surface area contributed by atoms with Crippen LogP contribution in [0.2, 0.25) is 0 Å². The van der Waals surface area contributed by atoms with Crippen LogP contribution in [0.3, 0.4) is 0 Å². The molecule has 19 heavy (non-hydrogen) atoms. The van der Waals surface area contributed by atoms with E-state index in [9.17, 15) is 5.11 Å². The Labute approximate surface area is 115 Å². The summed E-state index contributed by atoms with van der Waals surface area (Å²) in [5.41, 5.74) is -0.511. The van der Waals surface area contributed by atoms with Gasteiger partial charge in [-0.3, -0.25) is 5.32 Å². The van der Waals surface area contributed by atoms with Crippen molar-refractivity contribution >= 4 is 0 Å². The second kappa shape index (κ2) is 4.69. The molecule has 0 aromatic heterocycles. The van der Waals surface area contributed by atoms with Crippen LogP contribution >= 0.6 is 0 Å². The first kappa shape index (κ1) is 13.8. The maximum absolute atomic E-state index is 9.70. The fourth-order valence-electron chi connectivity index (χ4n) is 4.12. The van der Waals surface area contributed by atoms with Crippen LogP contribution in [0.5, 0.6) is 0 Å². The third kappa shape index (κ3) is 2.44. The predicted octanol–water partition coefficient (Wildman–Crippen LogP) is 2.01. The Morgan fingerprint density at radius 1 is 1.26 bits per heavy atom. The lowest BCUT2D eigenvalue weighted by atomic mass is 9.71. The SMILES string of the molecule is CC(C)(C)O[C@H]1C[C@H]2CC[C@@H]3CC[C@@H](CO)[C@]2(N3)O1. The molecule has 0 amide bonds. The molecule has 3 heterocycles. The maximum Gasteiger partial charge on any atom is 0.161 e. The topological polar surface area (TPSA) is 50.7 Å². The lowest BCUT2D eigenvalue weighted by Crippen LogP contribution is -2.65. The van der Waals surface area contributed by atoms with E-state index in [-0.39, 0.29) is 30.1 Å². The van der Waals surface area contributed by atoms with Crippen LogP contribution in [0.4, 0.5) is 0 Å². The number of hydrogen-bond acceptors (Lipinski definition) is 4. The van der Waals surface area contributed by atoms with Crippen LogP contribution in [0.1, 0.15) is 52.9 Å². The molecule has 0 saturated carbocycles. The van der Waals surface area contributed by atoms with Crippen molar-refractivity contribution in [2.75, 3.05) is 6.61 Å². The molecule has 5 atom stereocenters. The monoisotopic (exact) mass is 269 g/mol. The molecule has 4 nitrogen and oxygen atoms in total. The second-order valence-corrected chi connectivity index (χ2v) is 7.38. The molecular formula is C15H27NO3. The number of aliphatic hydroxyl groups excluding tert-OH is 1. The van der Waals surface area contributed by atoms with Gasteiger partial charge < -0.3 is 14.6 Å². The van der Waals surface area contributed by atoms with Gasteiger partial charge in [0, 0.05) is 30.9 Å². The van der Waals surface area contributed by atoms with Gasteiger partial charge in [-0.05, 0) is 46.5 Å². The third-order valence-corrected chi connectivity index (χ3v) is 4.88. The molecule has 3 aliphatic rings. The first-order chi connectivity index (χ1) is 8.93. The van der Waals surface area contributed by atoms with Gasteiger partial charge in [-0.1, -0.05) is 0 Å². The Kier molecular flexibility index (Phi) is 3.41. The summed E-state index contributed by atoms with van der Waals surface area (Å²) in [7, 11) is 0. The first-order valence-corrected chi connectivity index (χ1v) is 7.67. The van der Waals surface area contributed by atoms with E-state index < -0.39 is 0 Å². The van der Waals surface area contributed by atoms with Crippen molar-refractivity contribution < 1.29 is 14.6 Å². The molecule has 4 heteroatoms. The van der Waals surface area contributed by atoms with Crippen molar-refractivity contribution in [3.05, 3.63) is 0 Å². The van der Waals surface area contributed by atoms with Crippen molar-refractivity contribution in [2.24, 2.45) is 11.8 Å². The van der Waals surface area contributed by atoms with Crippen LogP contribution in [-0.4, -0.2) is 35.4 Å². The van der Waals surface area contributed by atoms with E-state index in [2.05, 4.69) is 26.1 Å². The molecule has 3 rings (SSSR count). The molecule has 0 radical (unpaired) electrons. The Bertz CT molecular complexity index is 341. The molecule has 1 spiro atoms. The summed E-state index contributed by atoms with van der Waals surface area (Å²) >= 11 is 0. The van der Waals surface area contributed by atoms with Gasteiger partial charge in [-0.2, -0.15) is 0 Å². The van der Waals surface area contributed by atoms with Crippen LogP contribution < -0.4 is 5.32 Å². The lowest BCUT2D eigenvalue weighted by molar-refractivity contribution is -0.249. The standard InChI is InChI=1S/C15H27NO3/c1-14(2,3)18-13-8-10-4-6-12-7-5-11(9-17)15(10,16-12)19-13/h10-13,16-17H,4-9H2,1-3H3/t10-,11+,12-,13-,15-/m1/s1. The average molecular weight is 269 g/mol. The van der Waals surface area contributed by atoms with Gasteiger partial charge in [0.15, 0.2) is 6.29 Å². The van der Waals surface area contributed by atoms with Crippen LogP contribution in [0.15, 0.2) is 0 Å². The number of hydrogen-bond donors (Lipinski definition) is 2. The van der Waals surface area contributed by atoms with E-state index >= 15 is 0 Å². The number of nitrogens with one attached hydrogen (secondary N) is 1. The number of ether oxygens (including phenoxy) is 2. The fraction of sp³-hybridized carbons (Fsp3) is 1.00. The molecule has 110 valence electrons. The molecule has 2 N–H and O–H groups in total. The summed E-state index contributed by atoms with van der Waals surface area (Å²) < 4.78 is 12.3. The van der Waals surface area contributed by atoms with Crippen LogP contribution in [-0.2, 0) is 9.47 Å². The van der Waals surface area contributed by atoms with Crippen molar-refractivity contribution in [3.8, 4) is 0 Å². The third-order valence-electron chi connectivity index (χ3n) is 4.88. The molecule has 3 fully saturated rings. The average Bonchev–Trinajstić information content (AvgIpc) is 2.63. The summed E-state index contributed by atoms with van der Waals surface area (Å²) in [5, 5.41) is 13.4. The smallest absolute Gasteiger partial charge is 0.161 e. The van der Waals surface area contributed by atoms with Gasteiger partial charge in [0.05, 0.1) is 5.60 Å². The summed E-state index contributed by atoms with van der Waals surface area (Å²) in [6.07, 6.45) is 5.46. The van der Waals surface area contributed by atoms with Crippen molar-refractivity contribution in [1.29, 1.82) is 0 Å². The Morgan fingerprint density at radius 3 is 2.68 bits per heavy atom. The zero-order chi connectivity index (χ0) is 13.7. The van der Waals surface area contributed by atoms with Gasteiger partial charge in [0.2, 0.25) is 0 Å². The van der Waals surface area contributed by atoms with E-state index in [0.29, 0.717) is 12.0 Å². The predicted molar refractivity (Wildman–Crippen MR) is 72.5 cm³/mol. The molecule has 3 aliphatic heterocycles. The van der Waals surface area contributed by atoms with E-state index in [1.807, 2.05) is 0 Å². The normalized spacial score (nSPS) is 46.1. The summed E-state index contributed by atoms with van der Waals surface area (Å²) in [5.74, 6) is 0.691. The molecule has 0 aliphatic carbocycles. The quantitative estimate of drug-likeness (QED) is 0.805.